The molecule has 4 unspecified atom stereocenters. The molecule has 29 heavy (non-hydrogen) atoms. The molecule has 0 aliphatic carbocycles. The van der Waals surface area contributed by atoms with E-state index in [0.29, 0.717) is 58.7 Å². The first-order valence-electron chi connectivity index (χ1n) is 9.05. The van der Waals surface area contributed by atoms with Gasteiger partial charge >= 0.3 is 32.1 Å². The van der Waals surface area contributed by atoms with Gasteiger partial charge in [0.2, 0.25) is 18.9 Å². The SMILES string of the molecule is NCCN(CCN(CCN(CCCC[P+](=O)O)C[P+](=O)O)C[P+](=O)O)C[P+](=O)O. The van der Waals surface area contributed by atoms with Crippen LogP contribution in [0.15, 0.2) is 0 Å². The maximum atomic E-state index is 11.3. The lowest BCUT2D eigenvalue weighted by Crippen LogP contribution is -2.41. The Hall–Kier alpha value is 0.0800. The highest BCUT2D eigenvalue weighted by atomic mass is 31.1. The van der Waals surface area contributed by atoms with Gasteiger partial charge in [0, 0.05) is 45.8 Å². The molecule has 0 spiro atoms. The lowest BCUT2D eigenvalue weighted by molar-refractivity contribution is 0.205. The number of rotatable bonds is 19. The number of nitrogens with zero attached hydrogens (tertiary/aromatic N) is 3. The molecule has 16 heteroatoms. The highest BCUT2D eigenvalue weighted by Crippen LogP contribution is 2.19. The molecule has 0 bridgehead atoms. The van der Waals surface area contributed by atoms with Crippen LogP contribution in [0, 0.1) is 0 Å². The molecular weight excluding hydrogens is 464 g/mol. The number of hydrogen-bond donors (Lipinski definition) is 5. The third-order valence-corrected chi connectivity index (χ3v) is 6.57. The van der Waals surface area contributed by atoms with Gasteiger partial charge < -0.3 is 5.73 Å². The fraction of sp³-hybridized carbons (Fsp3) is 1.00. The van der Waals surface area contributed by atoms with E-state index < -0.39 is 32.1 Å². The van der Waals surface area contributed by atoms with E-state index >= 15 is 0 Å². The first-order valence-corrected chi connectivity index (χ1v) is 14.6. The fourth-order valence-corrected chi connectivity index (χ4v) is 4.97. The minimum Gasteiger partial charge on any atom is -0.329 e. The molecule has 0 aliphatic rings. The predicted octanol–water partition coefficient (Wildman–Crippen LogP) is 0.443. The van der Waals surface area contributed by atoms with Crippen molar-refractivity contribution < 1.29 is 37.8 Å². The van der Waals surface area contributed by atoms with Crippen LogP contribution in [-0.4, -0.2) is 105 Å². The second-order valence-corrected chi connectivity index (χ2v) is 10.5. The number of nitrogens with two attached hydrogens (primary N) is 1. The van der Waals surface area contributed by atoms with Gasteiger partial charge in [0.05, 0.1) is 0 Å². The summed E-state index contributed by atoms with van der Waals surface area (Å²) in [5.41, 5.74) is 5.50. The Morgan fingerprint density at radius 3 is 1.28 bits per heavy atom. The predicted molar refractivity (Wildman–Crippen MR) is 112 cm³/mol. The third kappa shape index (κ3) is 18.6. The minimum absolute atomic E-state index is 0.0319. The van der Waals surface area contributed by atoms with Crippen molar-refractivity contribution in [1.82, 2.24) is 14.7 Å². The lowest BCUT2D eigenvalue weighted by Gasteiger charge is -2.24. The first kappa shape index (κ1) is 29.1. The maximum Gasteiger partial charge on any atom is 0.521 e. The van der Waals surface area contributed by atoms with Crippen LogP contribution in [-0.2, 0) is 18.3 Å². The summed E-state index contributed by atoms with van der Waals surface area (Å²) in [5.74, 6) is 0. The van der Waals surface area contributed by atoms with Crippen molar-refractivity contribution in [3.05, 3.63) is 0 Å². The zero-order valence-corrected chi connectivity index (χ0v) is 19.9. The quantitative estimate of drug-likeness (QED) is 0.123. The Morgan fingerprint density at radius 1 is 0.552 bits per heavy atom. The van der Waals surface area contributed by atoms with Crippen molar-refractivity contribution >= 4 is 32.1 Å². The van der Waals surface area contributed by atoms with E-state index in [1.807, 2.05) is 0 Å². The molecule has 0 saturated carbocycles. The van der Waals surface area contributed by atoms with E-state index in [9.17, 15) is 28.0 Å². The molecule has 0 aromatic rings. The summed E-state index contributed by atoms with van der Waals surface area (Å²) in [6, 6.07) is 0. The van der Waals surface area contributed by atoms with E-state index in [0.717, 1.165) is 0 Å². The van der Waals surface area contributed by atoms with Gasteiger partial charge in [-0.1, -0.05) is 0 Å². The summed E-state index contributed by atoms with van der Waals surface area (Å²) >= 11 is 0. The third-order valence-electron chi connectivity index (χ3n) is 3.95. The molecular formula is C13H32N4O8P4+4. The van der Waals surface area contributed by atoms with Gasteiger partial charge in [-0.15, -0.1) is 0 Å². The second-order valence-electron chi connectivity index (χ2n) is 6.41. The molecule has 0 radical (unpaired) electrons. The number of hydrogen-bond acceptors (Lipinski definition) is 8. The van der Waals surface area contributed by atoms with E-state index in [-0.39, 0.29) is 25.0 Å². The zero-order valence-electron chi connectivity index (χ0n) is 16.3. The number of unbranched alkanes of at least 4 members (excludes halogenated alkanes) is 1. The van der Waals surface area contributed by atoms with Crippen LogP contribution in [0.3, 0.4) is 0 Å². The summed E-state index contributed by atoms with van der Waals surface area (Å²) in [6.07, 6.45) is 1.12. The summed E-state index contributed by atoms with van der Waals surface area (Å²) < 4.78 is 44.3. The van der Waals surface area contributed by atoms with Crippen molar-refractivity contribution in [3.8, 4) is 0 Å². The zero-order chi connectivity index (χ0) is 22.2. The van der Waals surface area contributed by atoms with Crippen LogP contribution in [0.4, 0.5) is 0 Å². The van der Waals surface area contributed by atoms with E-state index in [1.165, 1.54) is 0 Å². The summed E-state index contributed by atoms with van der Waals surface area (Å²) in [6.45, 7) is 2.70. The summed E-state index contributed by atoms with van der Waals surface area (Å²) in [4.78, 5) is 41.6. The summed E-state index contributed by atoms with van der Waals surface area (Å²) in [7, 11) is -9.36. The van der Waals surface area contributed by atoms with Gasteiger partial charge in [0.25, 0.3) is 0 Å². The molecule has 0 aromatic carbocycles. The highest BCUT2D eigenvalue weighted by Gasteiger charge is 2.24. The summed E-state index contributed by atoms with van der Waals surface area (Å²) in [5, 5.41) is 0. The van der Waals surface area contributed by atoms with E-state index in [1.54, 1.807) is 14.7 Å². The van der Waals surface area contributed by atoms with Gasteiger partial charge in [0.15, 0.2) is 6.16 Å². The smallest absolute Gasteiger partial charge is 0.329 e. The van der Waals surface area contributed by atoms with Crippen molar-refractivity contribution in [2.75, 3.05) is 70.8 Å². The van der Waals surface area contributed by atoms with Gasteiger partial charge in [-0.2, -0.15) is 19.6 Å². The molecule has 0 aromatic heterocycles. The maximum absolute atomic E-state index is 11.3. The molecule has 0 saturated heterocycles. The van der Waals surface area contributed by atoms with Crippen molar-refractivity contribution in [2.45, 2.75) is 12.8 Å². The van der Waals surface area contributed by atoms with Crippen LogP contribution < -0.4 is 5.73 Å². The van der Waals surface area contributed by atoms with Gasteiger partial charge in [-0.05, 0) is 31.1 Å². The molecule has 4 atom stereocenters. The second kappa shape index (κ2) is 17.7. The van der Waals surface area contributed by atoms with Crippen LogP contribution in [0.2, 0.25) is 0 Å². The van der Waals surface area contributed by atoms with Crippen LogP contribution >= 0.6 is 32.1 Å². The lowest BCUT2D eigenvalue weighted by atomic mass is 10.3. The average Bonchev–Trinajstić information content (AvgIpc) is 2.59. The Labute approximate surface area is 174 Å². The molecule has 6 N–H and O–H groups in total. The molecule has 168 valence electrons. The first-order chi connectivity index (χ1) is 13.6. The molecule has 0 heterocycles. The monoisotopic (exact) mass is 496 g/mol. The van der Waals surface area contributed by atoms with Gasteiger partial charge in [-0.3, -0.25) is 14.7 Å². The van der Waals surface area contributed by atoms with Crippen molar-refractivity contribution in [2.24, 2.45) is 5.73 Å². The highest BCUT2D eigenvalue weighted by molar-refractivity contribution is 7.38. The Balaban J connectivity index is 4.71. The van der Waals surface area contributed by atoms with E-state index in [4.69, 9.17) is 15.5 Å². The fourth-order valence-electron chi connectivity index (χ4n) is 2.60. The Morgan fingerprint density at radius 2 is 0.931 bits per heavy atom. The minimum atomic E-state index is -2.42. The average molecular weight is 496 g/mol. The van der Waals surface area contributed by atoms with Crippen LogP contribution in [0.5, 0.6) is 0 Å². The van der Waals surface area contributed by atoms with Crippen LogP contribution in [0.1, 0.15) is 12.8 Å². The molecule has 0 amide bonds. The Kier molecular flexibility index (Phi) is 17.8. The molecule has 12 nitrogen and oxygen atoms in total. The Bertz CT molecular complexity index is 545. The van der Waals surface area contributed by atoms with Crippen molar-refractivity contribution in [3.63, 3.8) is 0 Å². The van der Waals surface area contributed by atoms with Crippen molar-refractivity contribution in [1.29, 1.82) is 0 Å². The van der Waals surface area contributed by atoms with Gasteiger partial charge in [-0.25, -0.2) is 0 Å². The normalized spacial score (nSPS) is 13.9. The molecule has 0 fully saturated rings. The topological polar surface area (TPSA) is 185 Å². The van der Waals surface area contributed by atoms with Gasteiger partial charge in [0.1, 0.15) is 0 Å². The van der Waals surface area contributed by atoms with E-state index in [2.05, 4.69) is 0 Å². The molecule has 0 aliphatic heterocycles. The molecule has 0 rings (SSSR count). The largest absolute Gasteiger partial charge is 0.521 e. The standard InChI is InChI=1S/C13H28N4O8P4/c14-3-5-16(12-28(22)23)7-9-17(13-29(24)25)8-6-15(11-27(20)21)4-1-2-10-26(18)19/h1-14H2/p+4. The van der Waals surface area contributed by atoms with Crippen LogP contribution in [0.25, 0.3) is 0 Å².